The first-order valence-corrected chi connectivity index (χ1v) is 6.84. The van der Waals surface area contributed by atoms with Crippen LogP contribution in [-0.2, 0) is 6.54 Å². The second-order valence-corrected chi connectivity index (χ2v) is 5.44. The Bertz CT molecular complexity index is 384. The molecule has 1 fully saturated rings. The van der Waals surface area contributed by atoms with Gasteiger partial charge in [-0.15, -0.1) is 12.4 Å². The van der Waals surface area contributed by atoms with E-state index in [0.29, 0.717) is 6.04 Å². The number of hydrogen-bond acceptors (Lipinski definition) is 2. The van der Waals surface area contributed by atoms with Gasteiger partial charge in [0.25, 0.3) is 0 Å². The Morgan fingerprint density at radius 2 is 2.06 bits per heavy atom. The quantitative estimate of drug-likeness (QED) is 0.922. The minimum atomic E-state index is 0. The van der Waals surface area contributed by atoms with E-state index < -0.39 is 0 Å². The summed E-state index contributed by atoms with van der Waals surface area (Å²) in [6, 6.07) is 6.12. The first-order valence-electron chi connectivity index (χ1n) is 6.08. The fourth-order valence-corrected chi connectivity index (χ4v) is 2.79. The Hall–Kier alpha value is 0.01000. The number of piperidine rings is 1. The molecule has 1 atom stereocenters. The third kappa shape index (κ3) is 4.01. The number of rotatable bonds is 3. The molecule has 5 heteroatoms. The van der Waals surface area contributed by atoms with Gasteiger partial charge in [0.1, 0.15) is 0 Å². The smallest absolute Gasteiger partial charge is 0.0452 e. The molecule has 2 nitrogen and oxygen atoms in total. The lowest BCUT2D eigenvalue weighted by Crippen LogP contribution is -2.43. The van der Waals surface area contributed by atoms with Gasteiger partial charge in [0, 0.05) is 29.2 Å². The summed E-state index contributed by atoms with van der Waals surface area (Å²) in [5.74, 6) is 0. The average molecular weight is 310 g/mol. The van der Waals surface area contributed by atoms with E-state index in [1.54, 1.807) is 0 Å². The van der Waals surface area contributed by atoms with Crippen LogP contribution in [0.5, 0.6) is 0 Å². The van der Waals surface area contributed by atoms with Crippen LogP contribution in [-0.4, -0.2) is 24.0 Å². The fraction of sp³-hybridized carbons (Fsp3) is 0.538. The van der Waals surface area contributed by atoms with Crippen molar-refractivity contribution in [3.8, 4) is 0 Å². The topological polar surface area (TPSA) is 29.3 Å². The molecule has 1 heterocycles. The predicted molar refractivity (Wildman–Crippen MR) is 80.8 cm³/mol. The number of nitrogens with zero attached hydrogens (tertiary/aromatic N) is 1. The Kier molecular flexibility index (Phi) is 6.75. The van der Waals surface area contributed by atoms with Gasteiger partial charge in [-0.2, -0.15) is 0 Å². The van der Waals surface area contributed by atoms with Gasteiger partial charge in [0.2, 0.25) is 0 Å². The van der Waals surface area contributed by atoms with E-state index in [2.05, 4.69) is 4.90 Å². The highest BCUT2D eigenvalue weighted by atomic mass is 35.5. The van der Waals surface area contributed by atoms with Gasteiger partial charge in [-0.3, -0.25) is 4.90 Å². The maximum absolute atomic E-state index is 6.19. The number of likely N-dealkylation sites (tertiary alicyclic amines) is 1. The second kappa shape index (κ2) is 7.56. The molecular weight excluding hydrogens is 291 g/mol. The summed E-state index contributed by atoms with van der Waals surface area (Å²) in [5, 5.41) is 1.53. The van der Waals surface area contributed by atoms with E-state index in [4.69, 9.17) is 28.9 Å². The molecule has 0 aliphatic carbocycles. The lowest BCUT2D eigenvalue weighted by Gasteiger charge is -2.35. The minimum absolute atomic E-state index is 0. The highest BCUT2D eigenvalue weighted by Crippen LogP contribution is 2.25. The molecule has 1 aliphatic rings. The van der Waals surface area contributed by atoms with Crippen molar-refractivity contribution in [2.75, 3.05) is 13.1 Å². The normalized spacial score (nSPS) is 20.5. The SMILES string of the molecule is Cl.NCC1CCCCN1Cc1cc(Cl)ccc1Cl. The van der Waals surface area contributed by atoms with Gasteiger partial charge in [-0.05, 0) is 43.1 Å². The molecule has 1 aromatic carbocycles. The molecular formula is C13H19Cl3N2. The number of benzene rings is 1. The van der Waals surface area contributed by atoms with E-state index >= 15 is 0 Å². The average Bonchev–Trinajstić information content (AvgIpc) is 2.34. The van der Waals surface area contributed by atoms with Crippen LogP contribution in [0.15, 0.2) is 18.2 Å². The lowest BCUT2D eigenvalue weighted by molar-refractivity contribution is 0.145. The van der Waals surface area contributed by atoms with Gasteiger partial charge in [-0.1, -0.05) is 29.6 Å². The highest BCUT2D eigenvalue weighted by molar-refractivity contribution is 6.33. The number of nitrogens with two attached hydrogens (primary N) is 1. The summed E-state index contributed by atoms with van der Waals surface area (Å²) in [6.07, 6.45) is 3.71. The first-order chi connectivity index (χ1) is 8.20. The van der Waals surface area contributed by atoms with Gasteiger partial charge in [0.15, 0.2) is 0 Å². The minimum Gasteiger partial charge on any atom is -0.329 e. The van der Waals surface area contributed by atoms with Crippen LogP contribution in [0.1, 0.15) is 24.8 Å². The molecule has 0 radical (unpaired) electrons. The van der Waals surface area contributed by atoms with Crippen molar-refractivity contribution in [3.63, 3.8) is 0 Å². The maximum Gasteiger partial charge on any atom is 0.0452 e. The van der Waals surface area contributed by atoms with Crippen LogP contribution >= 0.6 is 35.6 Å². The summed E-state index contributed by atoms with van der Waals surface area (Å²) >= 11 is 12.2. The van der Waals surface area contributed by atoms with Crippen LogP contribution in [0.25, 0.3) is 0 Å². The van der Waals surface area contributed by atoms with Crippen molar-refractivity contribution in [1.29, 1.82) is 0 Å². The largest absolute Gasteiger partial charge is 0.329 e. The molecule has 0 bridgehead atoms. The van der Waals surface area contributed by atoms with E-state index in [1.165, 1.54) is 19.3 Å². The van der Waals surface area contributed by atoms with Crippen LogP contribution in [0, 0.1) is 0 Å². The van der Waals surface area contributed by atoms with Crippen LogP contribution in [0.4, 0.5) is 0 Å². The molecule has 1 aliphatic heterocycles. The van der Waals surface area contributed by atoms with Crippen LogP contribution in [0.2, 0.25) is 10.0 Å². The third-order valence-corrected chi connectivity index (χ3v) is 4.01. The zero-order chi connectivity index (χ0) is 12.3. The van der Waals surface area contributed by atoms with Crippen molar-refractivity contribution >= 4 is 35.6 Å². The molecule has 2 N–H and O–H groups in total. The monoisotopic (exact) mass is 308 g/mol. The summed E-state index contributed by atoms with van der Waals surface area (Å²) in [4.78, 5) is 2.42. The number of hydrogen-bond donors (Lipinski definition) is 1. The molecule has 1 unspecified atom stereocenters. The maximum atomic E-state index is 6.19. The van der Waals surface area contributed by atoms with Gasteiger partial charge >= 0.3 is 0 Å². The van der Waals surface area contributed by atoms with Crippen molar-refractivity contribution in [1.82, 2.24) is 4.90 Å². The summed E-state index contributed by atoms with van der Waals surface area (Å²) < 4.78 is 0. The standard InChI is InChI=1S/C13H18Cl2N2.ClH/c14-11-4-5-13(15)10(7-11)9-17-6-2-1-3-12(17)8-16;/h4-5,7,12H,1-3,6,8-9,16H2;1H. The zero-order valence-corrected chi connectivity index (χ0v) is 12.6. The fourth-order valence-electron chi connectivity index (χ4n) is 2.42. The van der Waals surface area contributed by atoms with E-state index in [0.717, 1.165) is 35.2 Å². The predicted octanol–water partition coefficient (Wildman–Crippen LogP) is 3.73. The van der Waals surface area contributed by atoms with Gasteiger partial charge in [0.05, 0.1) is 0 Å². The molecule has 0 spiro atoms. The molecule has 0 amide bonds. The molecule has 0 aromatic heterocycles. The first kappa shape index (κ1) is 16.1. The third-order valence-electron chi connectivity index (χ3n) is 3.40. The number of halogens is 3. The molecule has 0 saturated carbocycles. The van der Waals surface area contributed by atoms with Crippen molar-refractivity contribution < 1.29 is 0 Å². The van der Waals surface area contributed by atoms with Crippen molar-refractivity contribution in [2.24, 2.45) is 5.73 Å². The Morgan fingerprint density at radius 3 is 2.78 bits per heavy atom. The lowest BCUT2D eigenvalue weighted by atomic mass is 10.0. The van der Waals surface area contributed by atoms with Crippen LogP contribution in [0.3, 0.4) is 0 Å². The molecule has 1 aromatic rings. The van der Waals surface area contributed by atoms with Gasteiger partial charge in [-0.25, -0.2) is 0 Å². The Morgan fingerprint density at radius 1 is 1.28 bits per heavy atom. The van der Waals surface area contributed by atoms with Crippen molar-refractivity contribution in [2.45, 2.75) is 31.8 Å². The van der Waals surface area contributed by atoms with Crippen molar-refractivity contribution in [3.05, 3.63) is 33.8 Å². The van der Waals surface area contributed by atoms with E-state index in [-0.39, 0.29) is 12.4 Å². The van der Waals surface area contributed by atoms with Crippen LogP contribution < -0.4 is 5.73 Å². The second-order valence-electron chi connectivity index (χ2n) is 4.59. The van der Waals surface area contributed by atoms with E-state index in [1.807, 2.05) is 18.2 Å². The molecule has 2 rings (SSSR count). The molecule has 18 heavy (non-hydrogen) atoms. The Balaban J connectivity index is 0.00000162. The van der Waals surface area contributed by atoms with E-state index in [9.17, 15) is 0 Å². The highest BCUT2D eigenvalue weighted by Gasteiger charge is 2.21. The summed E-state index contributed by atoms with van der Waals surface area (Å²) in [6.45, 7) is 2.67. The Labute approximate surface area is 125 Å². The molecule has 102 valence electrons. The molecule has 1 saturated heterocycles. The zero-order valence-electron chi connectivity index (χ0n) is 10.2. The summed E-state index contributed by atoms with van der Waals surface area (Å²) in [5.41, 5.74) is 6.91. The van der Waals surface area contributed by atoms with Gasteiger partial charge < -0.3 is 5.73 Å². The summed E-state index contributed by atoms with van der Waals surface area (Å²) in [7, 11) is 0.